The Labute approximate surface area is 159 Å². The van der Waals surface area contributed by atoms with Gasteiger partial charge in [0.15, 0.2) is 0 Å². The van der Waals surface area contributed by atoms with Crippen molar-refractivity contribution in [1.82, 2.24) is 15.1 Å². The lowest BCUT2D eigenvalue weighted by Gasteiger charge is -2.27. The van der Waals surface area contributed by atoms with Gasteiger partial charge in [0.25, 0.3) is 5.91 Å². The second-order valence-electron chi connectivity index (χ2n) is 6.41. The van der Waals surface area contributed by atoms with Crippen molar-refractivity contribution in [3.8, 4) is 0 Å². The van der Waals surface area contributed by atoms with Gasteiger partial charge in [-0.2, -0.15) is 0 Å². The first-order chi connectivity index (χ1) is 12.1. The summed E-state index contributed by atoms with van der Waals surface area (Å²) in [5.41, 5.74) is 0.0870. The number of nitrogens with zero attached hydrogens (tertiary/aromatic N) is 2. The monoisotopic (exact) mass is 385 g/mol. The van der Waals surface area contributed by atoms with Gasteiger partial charge in [0.1, 0.15) is 5.82 Å². The third-order valence-electron chi connectivity index (χ3n) is 4.65. The van der Waals surface area contributed by atoms with Gasteiger partial charge in [0.05, 0.1) is 24.7 Å². The Balaban J connectivity index is 0.00000243. The molecule has 2 amide bonds. The molecule has 1 atom stereocenters. The zero-order valence-corrected chi connectivity index (χ0v) is 15.5. The molecule has 26 heavy (non-hydrogen) atoms. The first-order valence-electron chi connectivity index (χ1n) is 8.79. The number of rotatable bonds is 3. The standard InChI is InChI=1S/C18H24FN3O3.ClH/c19-16-5-2-1-4-15(16)18(24)22-8-3-7-21(9-10-22)17(23)12-14-13-20-6-11-25-14;/h1-2,4-5,14,20H,3,6-13H2;1H. The summed E-state index contributed by atoms with van der Waals surface area (Å²) in [4.78, 5) is 28.4. The molecule has 3 rings (SSSR count). The summed E-state index contributed by atoms with van der Waals surface area (Å²) in [6.45, 7) is 4.17. The molecule has 0 aromatic heterocycles. The minimum Gasteiger partial charge on any atom is -0.375 e. The quantitative estimate of drug-likeness (QED) is 0.852. The minimum absolute atomic E-state index is 0. The molecule has 0 aliphatic carbocycles. The number of morpholine rings is 1. The van der Waals surface area contributed by atoms with Crippen molar-refractivity contribution in [1.29, 1.82) is 0 Å². The molecule has 1 unspecified atom stereocenters. The summed E-state index contributed by atoms with van der Waals surface area (Å²) in [5, 5.41) is 3.22. The molecule has 2 saturated heterocycles. The van der Waals surface area contributed by atoms with E-state index in [4.69, 9.17) is 4.74 Å². The van der Waals surface area contributed by atoms with E-state index >= 15 is 0 Å². The molecule has 1 aromatic carbocycles. The zero-order valence-electron chi connectivity index (χ0n) is 14.7. The fourth-order valence-corrected chi connectivity index (χ4v) is 3.25. The molecule has 0 bridgehead atoms. The Morgan fingerprint density at radius 1 is 1.15 bits per heavy atom. The Kier molecular flexibility index (Phi) is 7.81. The van der Waals surface area contributed by atoms with Crippen molar-refractivity contribution < 1.29 is 18.7 Å². The first-order valence-corrected chi connectivity index (χ1v) is 8.79. The van der Waals surface area contributed by atoms with Crippen molar-refractivity contribution in [3.05, 3.63) is 35.6 Å². The number of halogens is 2. The lowest BCUT2D eigenvalue weighted by Crippen LogP contribution is -2.43. The van der Waals surface area contributed by atoms with Crippen LogP contribution in [0, 0.1) is 5.82 Å². The van der Waals surface area contributed by atoms with Crippen LogP contribution in [-0.2, 0) is 9.53 Å². The van der Waals surface area contributed by atoms with Crippen molar-refractivity contribution in [2.24, 2.45) is 0 Å². The Morgan fingerprint density at radius 3 is 2.62 bits per heavy atom. The van der Waals surface area contributed by atoms with Crippen LogP contribution < -0.4 is 5.32 Å². The predicted molar refractivity (Wildman–Crippen MR) is 98.0 cm³/mol. The maximum atomic E-state index is 13.8. The van der Waals surface area contributed by atoms with Crippen molar-refractivity contribution >= 4 is 24.2 Å². The van der Waals surface area contributed by atoms with Crippen LogP contribution in [0.5, 0.6) is 0 Å². The molecule has 1 N–H and O–H groups in total. The van der Waals surface area contributed by atoms with Gasteiger partial charge < -0.3 is 19.9 Å². The summed E-state index contributed by atoms with van der Waals surface area (Å²) in [6.07, 6.45) is 0.963. The summed E-state index contributed by atoms with van der Waals surface area (Å²) >= 11 is 0. The van der Waals surface area contributed by atoms with Crippen LogP contribution >= 0.6 is 12.4 Å². The van der Waals surface area contributed by atoms with Gasteiger partial charge in [0, 0.05) is 39.3 Å². The van der Waals surface area contributed by atoms with Gasteiger partial charge in [-0.3, -0.25) is 9.59 Å². The number of carbonyl (C=O) groups is 2. The topological polar surface area (TPSA) is 61.9 Å². The van der Waals surface area contributed by atoms with E-state index < -0.39 is 5.82 Å². The van der Waals surface area contributed by atoms with Gasteiger partial charge >= 0.3 is 0 Å². The van der Waals surface area contributed by atoms with Crippen molar-refractivity contribution in [3.63, 3.8) is 0 Å². The summed E-state index contributed by atoms with van der Waals surface area (Å²) < 4.78 is 19.4. The van der Waals surface area contributed by atoms with Crippen LogP contribution in [0.3, 0.4) is 0 Å². The normalized spacial score (nSPS) is 20.9. The van der Waals surface area contributed by atoms with Gasteiger partial charge in [-0.1, -0.05) is 12.1 Å². The van der Waals surface area contributed by atoms with Crippen molar-refractivity contribution in [2.45, 2.75) is 18.9 Å². The number of nitrogens with one attached hydrogen (secondary N) is 1. The molecule has 2 aliphatic heterocycles. The van der Waals surface area contributed by atoms with E-state index in [0.29, 0.717) is 52.2 Å². The van der Waals surface area contributed by atoms with Gasteiger partial charge in [0.2, 0.25) is 5.91 Å². The third-order valence-corrected chi connectivity index (χ3v) is 4.65. The summed E-state index contributed by atoms with van der Waals surface area (Å²) in [6, 6.07) is 6.01. The van der Waals surface area contributed by atoms with Gasteiger partial charge in [-0.25, -0.2) is 4.39 Å². The maximum Gasteiger partial charge on any atom is 0.256 e. The highest BCUT2D eigenvalue weighted by Gasteiger charge is 2.26. The SMILES string of the molecule is Cl.O=C(CC1CNCCO1)N1CCCN(C(=O)c2ccccc2F)CC1. The predicted octanol–water partition coefficient (Wildman–Crippen LogP) is 1.30. The average Bonchev–Trinajstić information content (AvgIpc) is 2.89. The molecule has 1 aromatic rings. The lowest BCUT2D eigenvalue weighted by atomic mass is 10.2. The van der Waals surface area contributed by atoms with Gasteiger partial charge in [-0.15, -0.1) is 12.4 Å². The molecule has 0 saturated carbocycles. The second kappa shape index (κ2) is 9.85. The van der Waals surface area contributed by atoms with Crippen molar-refractivity contribution in [2.75, 3.05) is 45.9 Å². The first kappa shape index (κ1) is 20.6. The van der Waals surface area contributed by atoms with Gasteiger partial charge in [-0.05, 0) is 18.6 Å². The largest absolute Gasteiger partial charge is 0.375 e. The Morgan fingerprint density at radius 2 is 1.88 bits per heavy atom. The zero-order chi connectivity index (χ0) is 17.6. The van der Waals surface area contributed by atoms with E-state index in [9.17, 15) is 14.0 Å². The van der Waals surface area contributed by atoms with Crippen LogP contribution in [0.25, 0.3) is 0 Å². The van der Waals surface area contributed by atoms with E-state index in [0.717, 1.165) is 6.54 Å². The molecule has 0 radical (unpaired) electrons. The molecule has 144 valence electrons. The average molecular weight is 386 g/mol. The molecule has 2 aliphatic rings. The Bertz CT molecular complexity index is 625. The third kappa shape index (κ3) is 5.16. The van der Waals surface area contributed by atoms with Crippen LogP contribution in [-0.4, -0.2) is 73.6 Å². The summed E-state index contributed by atoms with van der Waals surface area (Å²) in [7, 11) is 0. The second-order valence-corrected chi connectivity index (χ2v) is 6.41. The van der Waals surface area contributed by atoms with E-state index in [1.54, 1.807) is 21.9 Å². The fraction of sp³-hybridized carbons (Fsp3) is 0.556. The maximum absolute atomic E-state index is 13.8. The van der Waals surface area contributed by atoms with Crippen LogP contribution in [0.2, 0.25) is 0 Å². The fourth-order valence-electron chi connectivity index (χ4n) is 3.25. The molecule has 2 heterocycles. The van der Waals surface area contributed by atoms with Crippen LogP contribution in [0.15, 0.2) is 24.3 Å². The molecule has 6 nitrogen and oxygen atoms in total. The summed E-state index contributed by atoms with van der Waals surface area (Å²) in [5.74, 6) is -0.771. The number of benzene rings is 1. The van der Waals surface area contributed by atoms with E-state index in [-0.39, 0.29) is 35.9 Å². The molecule has 8 heteroatoms. The highest BCUT2D eigenvalue weighted by atomic mass is 35.5. The van der Waals surface area contributed by atoms with E-state index in [1.165, 1.54) is 12.1 Å². The smallest absolute Gasteiger partial charge is 0.256 e. The Hall–Kier alpha value is -1.70. The number of hydrogen-bond acceptors (Lipinski definition) is 4. The van der Waals surface area contributed by atoms with E-state index in [2.05, 4.69) is 5.32 Å². The lowest BCUT2D eigenvalue weighted by molar-refractivity contribution is -0.134. The highest BCUT2D eigenvalue weighted by Crippen LogP contribution is 2.14. The molecule has 2 fully saturated rings. The highest BCUT2D eigenvalue weighted by molar-refractivity contribution is 5.94. The molecular weight excluding hydrogens is 361 g/mol. The number of hydrogen-bond donors (Lipinski definition) is 1. The van der Waals surface area contributed by atoms with Crippen LogP contribution in [0.1, 0.15) is 23.2 Å². The molecular formula is C18H25ClFN3O3. The minimum atomic E-state index is -0.508. The number of ether oxygens (including phenoxy) is 1. The molecule has 0 spiro atoms. The number of carbonyl (C=O) groups excluding carboxylic acids is 2. The van der Waals surface area contributed by atoms with E-state index in [1.807, 2.05) is 0 Å². The number of amides is 2. The van der Waals surface area contributed by atoms with Crippen LogP contribution in [0.4, 0.5) is 4.39 Å².